The Labute approximate surface area is 115 Å². The summed E-state index contributed by atoms with van der Waals surface area (Å²) in [6.45, 7) is 14.2. The van der Waals surface area contributed by atoms with E-state index in [0.717, 1.165) is 6.42 Å². The standard InChI is InChI=1S/C8H10.C2H5NO.3C2H6/c1-2-8-6-4-3-5-7-8;1-3-2-4;3*1-2/h3-7H,2H2,1H3;2H,1H3,(H,3,4);3*1-2H3. The van der Waals surface area contributed by atoms with E-state index < -0.39 is 0 Å². The smallest absolute Gasteiger partial charge is 0.206 e. The van der Waals surface area contributed by atoms with Crippen LogP contribution in [-0.4, -0.2) is 13.5 Å². The third-order valence-electron chi connectivity index (χ3n) is 1.37. The van der Waals surface area contributed by atoms with Crippen molar-refractivity contribution in [2.75, 3.05) is 7.05 Å². The normalized spacial score (nSPS) is 6.22. The Balaban J connectivity index is -0.0000000841. The van der Waals surface area contributed by atoms with Crippen molar-refractivity contribution in [2.24, 2.45) is 0 Å². The van der Waals surface area contributed by atoms with Crippen molar-refractivity contribution in [3.05, 3.63) is 35.9 Å². The van der Waals surface area contributed by atoms with Crippen LogP contribution in [-0.2, 0) is 11.2 Å². The Bertz CT molecular complexity index is 198. The molecule has 2 nitrogen and oxygen atoms in total. The molecule has 0 aliphatic carbocycles. The van der Waals surface area contributed by atoms with E-state index in [-0.39, 0.29) is 0 Å². The van der Waals surface area contributed by atoms with Crippen molar-refractivity contribution in [2.45, 2.75) is 54.9 Å². The molecule has 0 spiro atoms. The summed E-state index contributed by atoms with van der Waals surface area (Å²) in [6.07, 6.45) is 1.76. The number of carbonyl (C=O) groups excluding carboxylic acids is 1. The molecule has 18 heavy (non-hydrogen) atoms. The number of amides is 1. The van der Waals surface area contributed by atoms with Gasteiger partial charge in [-0.15, -0.1) is 0 Å². The van der Waals surface area contributed by atoms with Gasteiger partial charge in [-0.3, -0.25) is 4.79 Å². The van der Waals surface area contributed by atoms with Gasteiger partial charge in [0.25, 0.3) is 0 Å². The van der Waals surface area contributed by atoms with Crippen molar-refractivity contribution >= 4 is 6.41 Å². The zero-order chi connectivity index (χ0) is 15.2. The van der Waals surface area contributed by atoms with Gasteiger partial charge >= 0.3 is 0 Å². The molecule has 0 bridgehead atoms. The Morgan fingerprint density at radius 2 is 1.28 bits per heavy atom. The fraction of sp³-hybridized carbons (Fsp3) is 0.562. The van der Waals surface area contributed by atoms with Crippen LogP contribution in [0.25, 0.3) is 0 Å². The van der Waals surface area contributed by atoms with Crippen molar-refractivity contribution in [1.29, 1.82) is 0 Å². The lowest BCUT2D eigenvalue weighted by atomic mass is 10.2. The van der Waals surface area contributed by atoms with Gasteiger partial charge in [0.1, 0.15) is 0 Å². The fourth-order valence-corrected chi connectivity index (χ4v) is 0.714. The molecule has 1 N–H and O–H groups in total. The topological polar surface area (TPSA) is 29.1 Å². The number of rotatable bonds is 2. The Morgan fingerprint density at radius 3 is 1.44 bits per heavy atom. The summed E-state index contributed by atoms with van der Waals surface area (Å²) < 4.78 is 0. The summed E-state index contributed by atoms with van der Waals surface area (Å²) >= 11 is 0. The highest BCUT2D eigenvalue weighted by Gasteiger charge is 1.79. The second kappa shape index (κ2) is 36.1. The van der Waals surface area contributed by atoms with Gasteiger partial charge in [-0.1, -0.05) is 78.8 Å². The van der Waals surface area contributed by atoms with Gasteiger partial charge in [0.2, 0.25) is 6.41 Å². The van der Waals surface area contributed by atoms with E-state index in [4.69, 9.17) is 4.79 Å². The molecule has 0 aromatic heterocycles. The average Bonchev–Trinajstić information content (AvgIpc) is 2.54. The van der Waals surface area contributed by atoms with Crippen LogP contribution < -0.4 is 5.32 Å². The van der Waals surface area contributed by atoms with Crippen LogP contribution in [0.3, 0.4) is 0 Å². The Kier molecular flexibility index (Phi) is 51.1. The third-order valence-corrected chi connectivity index (χ3v) is 1.37. The van der Waals surface area contributed by atoms with E-state index in [0.29, 0.717) is 6.41 Å². The predicted octanol–water partition coefficient (Wildman–Crippen LogP) is 4.69. The van der Waals surface area contributed by atoms with E-state index in [1.54, 1.807) is 7.05 Å². The number of aryl methyl sites for hydroxylation is 1. The molecule has 0 aliphatic rings. The van der Waals surface area contributed by atoms with E-state index in [2.05, 4.69) is 36.5 Å². The van der Waals surface area contributed by atoms with Gasteiger partial charge in [0, 0.05) is 7.05 Å². The first-order valence-electron chi connectivity index (χ1n) is 7.00. The summed E-state index contributed by atoms with van der Waals surface area (Å²) in [6, 6.07) is 10.5. The molecule has 0 unspecified atom stereocenters. The van der Waals surface area contributed by atoms with Crippen LogP contribution in [0, 0.1) is 0 Å². The molecular weight excluding hydrogens is 222 g/mol. The number of hydrogen-bond acceptors (Lipinski definition) is 1. The first-order valence-corrected chi connectivity index (χ1v) is 7.00. The minimum Gasteiger partial charge on any atom is -0.362 e. The zero-order valence-electron chi connectivity index (χ0n) is 13.6. The average molecular weight is 255 g/mol. The maximum absolute atomic E-state index is 9.06. The second-order valence-electron chi connectivity index (χ2n) is 2.25. The molecule has 1 aromatic rings. The molecule has 0 saturated carbocycles. The van der Waals surface area contributed by atoms with Crippen molar-refractivity contribution in [3.8, 4) is 0 Å². The molecule has 108 valence electrons. The van der Waals surface area contributed by atoms with Gasteiger partial charge in [-0.25, -0.2) is 0 Å². The summed E-state index contributed by atoms with van der Waals surface area (Å²) in [5, 5.41) is 2.25. The molecule has 0 fully saturated rings. The number of benzene rings is 1. The SMILES string of the molecule is CC.CC.CC.CCc1ccccc1.CNC=O. The van der Waals surface area contributed by atoms with E-state index in [1.165, 1.54) is 5.56 Å². The number of hydrogen-bond donors (Lipinski definition) is 1. The highest BCUT2D eigenvalue weighted by molar-refractivity contribution is 5.44. The van der Waals surface area contributed by atoms with E-state index in [1.807, 2.05) is 47.6 Å². The van der Waals surface area contributed by atoms with Crippen LogP contribution >= 0.6 is 0 Å². The first kappa shape index (κ1) is 25.5. The third kappa shape index (κ3) is 29.3. The van der Waals surface area contributed by atoms with Crippen molar-refractivity contribution < 1.29 is 4.79 Å². The first-order chi connectivity index (χ1) is 8.85. The highest BCUT2D eigenvalue weighted by atomic mass is 16.1. The quantitative estimate of drug-likeness (QED) is 0.763. The fourth-order valence-electron chi connectivity index (χ4n) is 0.714. The predicted molar refractivity (Wildman–Crippen MR) is 85.0 cm³/mol. The van der Waals surface area contributed by atoms with Gasteiger partial charge in [-0.2, -0.15) is 0 Å². The Morgan fingerprint density at radius 1 is 0.944 bits per heavy atom. The molecular formula is C16H33NO. The van der Waals surface area contributed by atoms with Crippen LogP contribution in [0.15, 0.2) is 30.3 Å². The van der Waals surface area contributed by atoms with Gasteiger partial charge in [0.15, 0.2) is 0 Å². The molecule has 1 amide bonds. The minimum atomic E-state index is 0.625. The van der Waals surface area contributed by atoms with Crippen molar-refractivity contribution in [1.82, 2.24) is 5.32 Å². The molecule has 0 atom stereocenters. The number of nitrogens with one attached hydrogen (secondary N) is 1. The zero-order valence-corrected chi connectivity index (χ0v) is 13.6. The molecule has 0 radical (unpaired) electrons. The lowest BCUT2D eigenvalue weighted by molar-refractivity contribution is -0.109. The molecule has 2 heteroatoms. The van der Waals surface area contributed by atoms with Gasteiger partial charge in [-0.05, 0) is 12.0 Å². The van der Waals surface area contributed by atoms with Gasteiger partial charge in [0.05, 0.1) is 0 Å². The maximum Gasteiger partial charge on any atom is 0.206 e. The van der Waals surface area contributed by atoms with Gasteiger partial charge < -0.3 is 5.32 Å². The van der Waals surface area contributed by atoms with Crippen molar-refractivity contribution in [3.63, 3.8) is 0 Å². The Hall–Kier alpha value is -1.31. The highest BCUT2D eigenvalue weighted by Crippen LogP contribution is 1.96. The summed E-state index contributed by atoms with van der Waals surface area (Å²) in [7, 11) is 1.56. The number of carbonyl (C=O) groups is 1. The summed E-state index contributed by atoms with van der Waals surface area (Å²) in [5.41, 5.74) is 1.41. The molecule has 0 aliphatic heterocycles. The van der Waals surface area contributed by atoms with E-state index in [9.17, 15) is 0 Å². The van der Waals surface area contributed by atoms with E-state index >= 15 is 0 Å². The lowest BCUT2D eigenvalue weighted by Gasteiger charge is -1.89. The second-order valence-corrected chi connectivity index (χ2v) is 2.25. The maximum atomic E-state index is 9.06. The van der Waals surface area contributed by atoms with Crippen LogP contribution in [0.1, 0.15) is 54.0 Å². The van der Waals surface area contributed by atoms with Crippen LogP contribution in [0.5, 0.6) is 0 Å². The molecule has 0 saturated heterocycles. The van der Waals surface area contributed by atoms with Crippen LogP contribution in [0.2, 0.25) is 0 Å². The molecule has 1 rings (SSSR count). The minimum absolute atomic E-state index is 0.625. The van der Waals surface area contributed by atoms with Crippen LogP contribution in [0.4, 0.5) is 0 Å². The lowest BCUT2D eigenvalue weighted by Crippen LogP contribution is -1.98. The monoisotopic (exact) mass is 255 g/mol. The largest absolute Gasteiger partial charge is 0.362 e. The molecule has 1 aromatic carbocycles. The summed E-state index contributed by atoms with van der Waals surface area (Å²) in [5.74, 6) is 0. The molecule has 0 heterocycles. The summed E-state index contributed by atoms with van der Waals surface area (Å²) in [4.78, 5) is 9.06.